The molecule has 0 aromatic heterocycles. The average Bonchev–Trinajstić information content (AvgIpc) is 2.28. The van der Waals surface area contributed by atoms with E-state index in [-0.39, 0.29) is 11.0 Å². The van der Waals surface area contributed by atoms with E-state index in [0.717, 1.165) is 12.2 Å². The Morgan fingerprint density at radius 1 is 1.00 bits per heavy atom. The van der Waals surface area contributed by atoms with Gasteiger partial charge < -0.3 is 9.47 Å². The molecule has 0 atom stereocenters. The maximum absolute atomic E-state index is 5.92. The molecule has 1 aromatic carbocycles. The van der Waals surface area contributed by atoms with Gasteiger partial charge in [-0.15, -0.1) is 0 Å². The van der Waals surface area contributed by atoms with Gasteiger partial charge in [-0.1, -0.05) is 39.0 Å². The van der Waals surface area contributed by atoms with Crippen LogP contribution in [0.5, 0.6) is 5.75 Å². The molecule has 0 aliphatic heterocycles. The molecule has 1 rings (SSSR count). The van der Waals surface area contributed by atoms with Crippen LogP contribution in [0.25, 0.3) is 0 Å². The van der Waals surface area contributed by atoms with Crippen LogP contribution in [0.3, 0.4) is 0 Å². The van der Waals surface area contributed by atoms with Crippen molar-refractivity contribution in [3.05, 3.63) is 29.8 Å². The zero-order valence-electron chi connectivity index (χ0n) is 12.5. The standard InChI is InChI=1S/C16H26O2/c1-15(2,3)13-9-7-8-10-14(13)18-12-11-16(4,5)17-6/h7-10H,11-12H2,1-6H3. The molecule has 0 aliphatic rings. The number of methoxy groups -OCH3 is 1. The number of hydrogen-bond acceptors (Lipinski definition) is 2. The van der Waals surface area contributed by atoms with E-state index in [1.165, 1.54) is 5.56 Å². The van der Waals surface area contributed by atoms with Crippen molar-refractivity contribution >= 4 is 0 Å². The van der Waals surface area contributed by atoms with E-state index >= 15 is 0 Å². The third-order valence-electron chi connectivity index (χ3n) is 3.21. The number of hydrogen-bond donors (Lipinski definition) is 0. The Morgan fingerprint density at radius 3 is 2.17 bits per heavy atom. The summed E-state index contributed by atoms with van der Waals surface area (Å²) in [5.41, 5.74) is 1.23. The van der Waals surface area contributed by atoms with Crippen molar-refractivity contribution in [3.8, 4) is 5.75 Å². The van der Waals surface area contributed by atoms with Gasteiger partial charge in [0.15, 0.2) is 0 Å². The topological polar surface area (TPSA) is 18.5 Å². The van der Waals surface area contributed by atoms with Crippen LogP contribution < -0.4 is 4.74 Å². The molecule has 0 saturated carbocycles. The van der Waals surface area contributed by atoms with E-state index in [2.05, 4.69) is 46.8 Å². The molecule has 0 amide bonds. The van der Waals surface area contributed by atoms with Gasteiger partial charge in [0.25, 0.3) is 0 Å². The van der Waals surface area contributed by atoms with Gasteiger partial charge in [-0.3, -0.25) is 0 Å². The summed E-state index contributed by atoms with van der Waals surface area (Å²) in [5, 5.41) is 0. The molecule has 0 spiro atoms. The second-order valence-electron chi connectivity index (χ2n) is 6.31. The lowest BCUT2D eigenvalue weighted by atomic mass is 9.86. The first kappa shape index (κ1) is 15.0. The van der Waals surface area contributed by atoms with Crippen molar-refractivity contribution in [3.63, 3.8) is 0 Å². The normalized spacial score (nSPS) is 12.6. The lowest BCUT2D eigenvalue weighted by Gasteiger charge is -2.25. The first-order chi connectivity index (χ1) is 8.26. The average molecular weight is 250 g/mol. The molecule has 18 heavy (non-hydrogen) atoms. The second-order valence-corrected chi connectivity index (χ2v) is 6.31. The fourth-order valence-corrected chi connectivity index (χ4v) is 1.72. The highest BCUT2D eigenvalue weighted by Crippen LogP contribution is 2.31. The Labute approximate surface area is 111 Å². The summed E-state index contributed by atoms with van der Waals surface area (Å²) >= 11 is 0. The van der Waals surface area contributed by atoms with E-state index in [0.29, 0.717) is 6.61 Å². The SMILES string of the molecule is COC(C)(C)CCOc1ccccc1C(C)(C)C. The predicted octanol–water partition coefficient (Wildman–Crippen LogP) is 4.18. The smallest absolute Gasteiger partial charge is 0.123 e. The summed E-state index contributed by atoms with van der Waals surface area (Å²) < 4.78 is 11.3. The van der Waals surface area contributed by atoms with Gasteiger partial charge in [0, 0.05) is 13.5 Å². The third kappa shape index (κ3) is 4.34. The molecule has 102 valence electrons. The van der Waals surface area contributed by atoms with Gasteiger partial charge in [0.05, 0.1) is 12.2 Å². The zero-order valence-corrected chi connectivity index (χ0v) is 12.5. The van der Waals surface area contributed by atoms with E-state index < -0.39 is 0 Å². The van der Waals surface area contributed by atoms with Crippen LogP contribution >= 0.6 is 0 Å². The molecule has 0 heterocycles. The number of rotatable bonds is 5. The van der Waals surface area contributed by atoms with Gasteiger partial charge in [0.2, 0.25) is 0 Å². The van der Waals surface area contributed by atoms with Crippen molar-refractivity contribution in [1.82, 2.24) is 0 Å². The van der Waals surface area contributed by atoms with E-state index in [1.54, 1.807) is 7.11 Å². The maximum atomic E-state index is 5.92. The summed E-state index contributed by atoms with van der Waals surface area (Å²) in [5.74, 6) is 0.983. The van der Waals surface area contributed by atoms with Crippen molar-refractivity contribution in [2.75, 3.05) is 13.7 Å². The zero-order chi connectivity index (χ0) is 13.8. The van der Waals surface area contributed by atoms with E-state index in [1.807, 2.05) is 12.1 Å². The van der Waals surface area contributed by atoms with Gasteiger partial charge >= 0.3 is 0 Å². The van der Waals surface area contributed by atoms with Crippen LogP contribution in [0.4, 0.5) is 0 Å². The molecule has 0 aliphatic carbocycles. The van der Waals surface area contributed by atoms with Gasteiger partial charge in [-0.05, 0) is 30.9 Å². The highest BCUT2D eigenvalue weighted by Gasteiger charge is 2.20. The van der Waals surface area contributed by atoms with Crippen LogP contribution in [0.1, 0.15) is 46.6 Å². The first-order valence-corrected chi connectivity index (χ1v) is 6.54. The predicted molar refractivity (Wildman–Crippen MR) is 76.3 cm³/mol. The van der Waals surface area contributed by atoms with Gasteiger partial charge in [-0.2, -0.15) is 0 Å². The maximum Gasteiger partial charge on any atom is 0.123 e. The largest absolute Gasteiger partial charge is 0.493 e. The van der Waals surface area contributed by atoms with Gasteiger partial charge in [0.1, 0.15) is 5.75 Å². The molecule has 0 saturated heterocycles. The molecule has 0 fully saturated rings. The Morgan fingerprint density at radius 2 is 1.61 bits per heavy atom. The van der Waals surface area contributed by atoms with Crippen LogP contribution in [-0.4, -0.2) is 19.3 Å². The second kappa shape index (κ2) is 5.75. The summed E-state index contributed by atoms with van der Waals surface area (Å²) in [4.78, 5) is 0. The summed E-state index contributed by atoms with van der Waals surface area (Å²) in [6.07, 6.45) is 0.877. The fraction of sp³-hybridized carbons (Fsp3) is 0.625. The highest BCUT2D eigenvalue weighted by molar-refractivity contribution is 5.38. The quantitative estimate of drug-likeness (QED) is 0.780. The Balaban J connectivity index is 2.69. The van der Waals surface area contributed by atoms with Crippen LogP contribution in [0, 0.1) is 0 Å². The minimum Gasteiger partial charge on any atom is -0.493 e. The Kier molecular flexibility index (Phi) is 4.80. The van der Waals surface area contributed by atoms with Crippen LogP contribution in [0.15, 0.2) is 24.3 Å². The lowest BCUT2D eigenvalue weighted by Crippen LogP contribution is -2.25. The van der Waals surface area contributed by atoms with Crippen molar-refractivity contribution in [2.45, 2.75) is 52.1 Å². The molecule has 1 aromatic rings. The van der Waals surface area contributed by atoms with Gasteiger partial charge in [-0.25, -0.2) is 0 Å². The van der Waals surface area contributed by atoms with Crippen LogP contribution in [0.2, 0.25) is 0 Å². The molecular formula is C16H26O2. The first-order valence-electron chi connectivity index (χ1n) is 6.54. The fourth-order valence-electron chi connectivity index (χ4n) is 1.72. The van der Waals surface area contributed by atoms with Crippen molar-refractivity contribution in [2.24, 2.45) is 0 Å². The molecule has 0 radical (unpaired) electrons. The minimum absolute atomic E-state index is 0.105. The molecule has 0 bridgehead atoms. The molecule has 0 N–H and O–H groups in total. The van der Waals surface area contributed by atoms with Crippen LogP contribution in [-0.2, 0) is 10.2 Å². The number of benzene rings is 1. The lowest BCUT2D eigenvalue weighted by molar-refractivity contribution is 0.00532. The third-order valence-corrected chi connectivity index (χ3v) is 3.21. The highest BCUT2D eigenvalue weighted by atomic mass is 16.5. The molecular weight excluding hydrogens is 224 g/mol. The number of para-hydroxylation sites is 1. The Hall–Kier alpha value is -1.02. The minimum atomic E-state index is -0.128. The number of ether oxygens (including phenoxy) is 2. The van der Waals surface area contributed by atoms with Crippen molar-refractivity contribution < 1.29 is 9.47 Å². The molecule has 0 unspecified atom stereocenters. The Bertz CT molecular complexity index is 375. The summed E-state index contributed by atoms with van der Waals surface area (Å²) in [6.45, 7) is 11.4. The monoisotopic (exact) mass is 250 g/mol. The molecule has 2 nitrogen and oxygen atoms in total. The summed E-state index contributed by atoms with van der Waals surface area (Å²) in [6, 6.07) is 8.26. The molecule has 2 heteroatoms. The van der Waals surface area contributed by atoms with Crippen molar-refractivity contribution in [1.29, 1.82) is 0 Å². The van der Waals surface area contributed by atoms with E-state index in [9.17, 15) is 0 Å². The van der Waals surface area contributed by atoms with E-state index in [4.69, 9.17) is 9.47 Å². The summed E-state index contributed by atoms with van der Waals surface area (Å²) in [7, 11) is 1.74.